The second-order valence-electron chi connectivity index (χ2n) is 8.04. The number of carbonyl (C=O) groups excluding carboxylic acids is 2. The molecule has 2 saturated heterocycles. The lowest BCUT2D eigenvalue weighted by atomic mass is 9.97. The third-order valence-electron chi connectivity index (χ3n) is 5.80. The van der Waals surface area contributed by atoms with E-state index in [0.717, 1.165) is 50.9 Å². The minimum Gasteiger partial charge on any atom is -0.368 e. The number of benzene rings is 1. The number of amides is 2. The first-order valence-corrected chi connectivity index (χ1v) is 10.4. The standard InChI is InChI=1S/C22H28N4O3/c1-16-6-7-18(12-19(16)24-21(27)20-5-3-11-29-20)22(28)26-9-2-4-17(14-26)13-25-10-8-23-15-25/h6-8,10,12,15,17,20H,2-5,9,11,13-14H2,1H3,(H,24,27)/t17-,20-/m1/s1. The second-order valence-corrected chi connectivity index (χ2v) is 8.04. The van der Waals surface area contributed by atoms with Crippen LogP contribution in [-0.4, -0.2) is 52.1 Å². The molecule has 2 aromatic rings. The van der Waals surface area contributed by atoms with E-state index in [1.807, 2.05) is 36.5 Å². The van der Waals surface area contributed by atoms with Crippen LogP contribution in [-0.2, 0) is 16.1 Å². The SMILES string of the molecule is Cc1ccc(C(=O)N2CCC[C@H](Cn3ccnc3)C2)cc1NC(=O)[C@H]1CCCO1. The van der Waals surface area contributed by atoms with Crippen molar-refractivity contribution in [2.45, 2.75) is 45.3 Å². The molecule has 2 amide bonds. The molecule has 1 N–H and O–H groups in total. The van der Waals surface area contributed by atoms with Crippen LogP contribution in [0.2, 0.25) is 0 Å². The highest BCUT2D eigenvalue weighted by Crippen LogP contribution is 2.24. The molecule has 7 heteroatoms. The van der Waals surface area contributed by atoms with Crippen LogP contribution in [0.15, 0.2) is 36.9 Å². The Kier molecular flexibility index (Phi) is 5.94. The molecular weight excluding hydrogens is 368 g/mol. The Morgan fingerprint density at radius 2 is 2.17 bits per heavy atom. The third kappa shape index (κ3) is 4.67. The van der Waals surface area contributed by atoms with Crippen molar-refractivity contribution >= 4 is 17.5 Å². The first kappa shape index (κ1) is 19.6. The number of aromatic nitrogens is 2. The van der Waals surface area contributed by atoms with Gasteiger partial charge in [0.25, 0.3) is 11.8 Å². The second kappa shape index (κ2) is 8.78. The molecule has 2 atom stereocenters. The van der Waals surface area contributed by atoms with Crippen LogP contribution in [0.4, 0.5) is 5.69 Å². The molecule has 2 fully saturated rings. The highest BCUT2D eigenvalue weighted by molar-refractivity contribution is 5.99. The molecule has 4 rings (SSSR count). The van der Waals surface area contributed by atoms with E-state index in [-0.39, 0.29) is 17.9 Å². The van der Waals surface area contributed by atoms with E-state index >= 15 is 0 Å². The zero-order valence-electron chi connectivity index (χ0n) is 16.8. The number of rotatable bonds is 5. The zero-order chi connectivity index (χ0) is 20.2. The first-order chi connectivity index (χ1) is 14.1. The molecule has 0 radical (unpaired) electrons. The maximum Gasteiger partial charge on any atom is 0.253 e. The Bertz CT molecular complexity index is 859. The lowest BCUT2D eigenvalue weighted by Crippen LogP contribution is -2.41. The fourth-order valence-corrected chi connectivity index (χ4v) is 4.16. The molecule has 0 unspecified atom stereocenters. The maximum atomic E-state index is 13.1. The van der Waals surface area contributed by atoms with Crippen molar-refractivity contribution in [2.75, 3.05) is 25.0 Å². The number of piperidine rings is 1. The summed E-state index contributed by atoms with van der Waals surface area (Å²) in [5.74, 6) is 0.313. The van der Waals surface area contributed by atoms with Gasteiger partial charge in [-0.05, 0) is 56.2 Å². The molecule has 1 aromatic carbocycles. The van der Waals surface area contributed by atoms with Gasteiger partial charge in [-0.3, -0.25) is 9.59 Å². The largest absolute Gasteiger partial charge is 0.368 e. The average Bonchev–Trinajstić information content (AvgIpc) is 3.43. The fourth-order valence-electron chi connectivity index (χ4n) is 4.16. The van der Waals surface area contributed by atoms with E-state index < -0.39 is 0 Å². The Morgan fingerprint density at radius 1 is 1.28 bits per heavy atom. The van der Waals surface area contributed by atoms with Crippen molar-refractivity contribution in [2.24, 2.45) is 5.92 Å². The van der Waals surface area contributed by atoms with E-state index in [1.165, 1.54) is 0 Å². The molecule has 154 valence electrons. The molecule has 3 heterocycles. The summed E-state index contributed by atoms with van der Waals surface area (Å²) in [4.78, 5) is 31.6. The minimum atomic E-state index is -0.389. The predicted octanol–water partition coefficient (Wildman–Crippen LogP) is 2.86. The summed E-state index contributed by atoms with van der Waals surface area (Å²) < 4.78 is 7.53. The lowest BCUT2D eigenvalue weighted by Gasteiger charge is -2.33. The van der Waals surface area contributed by atoms with Gasteiger partial charge in [-0.1, -0.05) is 6.07 Å². The number of likely N-dealkylation sites (tertiary alicyclic amines) is 1. The number of aryl methyl sites for hydroxylation is 1. The average molecular weight is 396 g/mol. The van der Waals surface area contributed by atoms with E-state index in [9.17, 15) is 9.59 Å². The normalized spacial score (nSPS) is 21.9. The zero-order valence-corrected chi connectivity index (χ0v) is 16.8. The van der Waals surface area contributed by atoms with Crippen LogP contribution < -0.4 is 5.32 Å². The van der Waals surface area contributed by atoms with Crippen molar-refractivity contribution in [1.29, 1.82) is 0 Å². The summed E-state index contributed by atoms with van der Waals surface area (Å²) in [7, 11) is 0. The first-order valence-electron chi connectivity index (χ1n) is 10.4. The van der Waals surface area contributed by atoms with Gasteiger partial charge in [0.2, 0.25) is 0 Å². The van der Waals surface area contributed by atoms with Crippen molar-refractivity contribution in [3.8, 4) is 0 Å². The summed E-state index contributed by atoms with van der Waals surface area (Å²) in [5, 5.41) is 2.94. The predicted molar refractivity (Wildman–Crippen MR) is 110 cm³/mol. The molecule has 1 aromatic heterocycles. The molecule has 29 heavy (non-hydrogen) atoms. The van der Waals surface area contributed by atoms with Crippen molar-refractivity contribution in [3.05, 3.63) is 48.0 Å². The highest BCUT2D eigenvalue weighted by Gasteiger charge is 2.26. The van der Waals surface area contributed by atoms with Crippen molar-refractivity contribution < 1.29 is 14.3 Å². The molecule has 7 nitrogen and oxygen atoms in total. The van der Waals surface area contributed by atoms with Crippen LogP contribution >= 0.6 is 0 Å². The number of imidazole rings is 1. The number of anilines is 1. The van der Waals surface area contributed by atoms with Gasteiger partial charge in [0.15, 0.2) is 0 Å². The Balaban J connectivity index is 1.43. The number of hydrogen-bond acceptors (Lipinski definition) is 4. The number of ether oxygens (including phenoxy) is 1. The van der Waals surface area contributed by atoms with Gasteiger partial charge >= 0.3 is 0 Å². The van der Waals surface area contributed by atoms with Gasteiger partial charge in [0.05, 0.1) is 6.33 Å². The summed E-state index contributed by atoms with van der Waals surface area (Å²) in [6.45, 7) is 4.94. The molecule has 0 spiro atoms. The number of nitrogens with one attached hydrogen (secondary N) is 1. The number of hydrogen-bond donors (Lipinski definition) is 1. The molecule has 2 aliphatic heterocycles. The topological polar surface area (TPSA) is 76.5 Å². The number of nitrogens with zero attached hydrogens (tertiary/aromatic N) is 3. The van der Waals surface area contributed by atoms with Crippen LogP contribution in [0.3, 0.4) is 0 Å². The van der Waals surface area contributed by atoms with Crippen LogP contribution in [0.25, 0.3) is 0 Å². The monoisotopic (exact) mass is 396 g/mol. The van der Waals surface area contributed by atoms with Gasteiger partial charge in [-0.25, -0.2) is 4.98 Å². The highest BCUT2D eigenvalue weighted by atomic mass is 16.5. The summed E-state index contributed by atoms with van der Waals surface area (Å²) >= 11 is 0. The van der Waals surface area contributed by atoms with Crippen molar-refractivity contribution in [1.82, 2.24) is 14.5 Å². The molecule has 0 aliphatic carbocycles. The Labute approximate surface area is 171 Å². The summed E-state index contributed by atoms with van der Waals surface area (Å²) in [6, 6.07) is 5.54. The number of carbonyl (C=O) groups is 2. The molecule has 2 aliphatic rings. The summed E-state index contributed by atoms with van der Waals surface area (Å²) in [6.07, 6.45) is 8.94. The van der Waals surface area contributed by atoms with E-state index in [0.29, 0.717) is 23.8 Å². The quantitative estimate of drug-likeness (QED) is 0.843. The molecular formula is C22H28N4O3. The third-order valence-corrected chi connectivity index (χ3v) is 5.80. The summed E-state index contributed by atoms with van der Waals surface area (Å²) in [5.41, 5.74) is 2.23. The Morgan fingerprint density at radius 3 is 2.93 bits per heavy atom. The van der Waals surface area contributed by atoms with E-state index in [4.69, 9.17) is 4.74 Å². The van der Waals surface area contributed by atoms with Crippen molar-refractivity contribution in [3.63, 3.8) is 0 Å². The minimum absolute atomic E-state index is 0.0212. The van der Waals surface area contributed by atoms with E-state index in [1.54, 1.807) is 12.3 Å². The fraction of sp³-hybridized carbons (Fsp3) is 0.500. The Hall–Kier alpha value is -2.67. The molecule has 0 saturated carbocycles. The molecule has 0 bridgehead atoms. The van der Waals surface area contributed by atoms with Crippen LogP contribution in [0.1, 0.15) is 41.6 Å². The van der Waals surface area contributed by atoms with Gasteiger partial charge in [0.1, 0.15) is 6.10 Å². The van der Waals surface area contributed by atoms with Gasteiger partial charge in [0, 0.05) is 49.9 Å². The maximum absolute atomic E-state index is 13.1. The van der Waals surface area contributed by atoms with Gasteiger partial charge in [-0.2, -0.15) is 0 Å². The lowest BCUT2D eigenvalue weighted by molar-refractivity contribution is -0.124. The van der Waals surface area contributed by atoms with Crippen LogP contribution in [0, 0.1) is 12.8 Å². The van der Waals surface area contributed by atoms with Gasteiger partial charge < -0.3 is 19.5 Å². The van der Waals surface area contributed by atoms with Crippen LogP contribution in [0.5, 0.6) is 0 Å². The smallest absolute Gasteiger partial charge is 0.253 e. The van der Waals surface area contributed by atoms with E-state index in [2.05, 4.69) is 14.9 Å². The van der Waals surface area contributed by atoms with Gasteiger partial charge in [-0.15, -0.1) is 0 Å².